The van der Waals surface area contributed by atoms with Gasteiger partial charge in [0.2, 0.25) is 0 Å². The predicted octanol–water partition coefficient (Wildman–Crippen LogP) is 5.59. The molecule has 2 aliphatic heterocycles. The number of nitrogens with one attached hydrogen (secondary N) is 1. The SMILES string of the molecule is C=C/C1=C2/N=C(C=CN2C)C(=C)CCCNCC(C)Cc2cccc1c2.CC. The minimum atomic E-state index is 0.598. The molecule has 3 rings (SSSR count). The number of nitrogens with zero attached hydrogens (tertiary/aromatic N) is 2. The fourth-order valence-corrected chi connectivity index (χ4v) is 3.51. The first-order chi connectivity index (χ1) is 13.6. The van der Waals surface area contributed by atoms with Crippen LogP contribution in [0.4, 0.5) is 0 Å². The van der Waals surface area contributed by atoms with E-state index in [2.05, 4.69) is 66.8 Å². The Kier molecular flexibility index (Phi) is 8.46. The van der Waals surface area contributed by atoms with Crippen LogP contribution in [0.25, 0.3) is 5.57 Å². The van der Waals surface area contributed by atoms with Crippen molar-refractivity contribution in [3.05, 3.63) is 78.3 Å². The Bertz CT molecular complexity index is 783. The molecule has 4 bridgehead atoms. The monoisotopic (exact) mass is 377 g/mol. The van der Waals surface area contributed by atoms with Gasteiger partial charge in [-0.1, -0.05) is 64.3 Å². The van der Waals surface area contributed by atoms with Crippen LogP contribution in [0.15, 0.2) is 72.2 Å². The number of aliphatic imine (C=N–C) groups is 1. The van der Waals surface area contributed by atoms with Crippen molar-refractivity contribution in [1.29, 1.82) is 0 Å². The highest BCUT2D eigenvalue weighted by molar-refractivity contribution is 6.09. The molecule has 0 radical (unpaired) electrons. The molecule has 0 amide bonds. The maximum Gasteiger partial charge on any atom is 0.140 e. The maximum atomic E-state index is 4.92. The number of hydrogen-bond acceptors (Lipinski definition) is 3. The molecule has 3 nitrogen and oxygen atoms in total. The molecule has 0 aromatic heterocycles. The Morgan fingerprint density at radius 2 is 2.07 bits per heavy atom. The second-order valence-corrected chi connectivity index (χ2v) is 7.29. The van der Waals surface area contributed by atoms with Crippen LogP contribution < -0.4 is 5.32 Å². The second-order valence-electron chi connectivity index (χ2n) is 7.29. The lowest BCUT2D eigenvalue weighted by Gasteiger charge is -2.23. The van der Waals surface area contributed by atoms with Gasteiger partial charge in [0.1, 0.15) is 5.82 Å². The molecule has 3 heteroatoms. The quantitative estimate of drug-likeness (QED) is 0.691. The smallest absolute Gasteiger partial charge is 0.140 e. The molecule has 0 aliphatic carbocycles. The zero-order chi connectivity index (χ0) is 20.5. The third kappa shape index (κ3) is 5.56. The Hall–Kier alpha value is -2.39. The van der Waals surface area contributed by atoms with Gasteiger partial charge in [0.25, 0.3) is 0 Å². The number of hydrogen-bond donors (Lipinski definition) is 1. The minimum absolute atomic E-state index is 0.598. The summed E-state index contributed by atoms with van der Waals surface area (Å²) in [7, 11) is 2.03. The zero-order valence-electron chi connectivity index (χ0n) is 18.0. The van der Waals surface area contributed by atoms with Crippen molar-refractivity contribution in [1.82, 2.24) is 10.2 Å². The van der Waals surface area contributed by atoms with Gasteiger partial charge in [0.05, 0.1) is 5.71 Å². The molecule has 1 atom stereocenters. The molecule has 0 saturated carbocycles. The van der Waals surface area contributed by atoms with Crippen LogP contribution in [0.5, 0.6) is 0 Å². The van der Waals surface area contributed by atoms with Crippen LogP contribution >= 0.6 is 0 Å². The summed E-state index contributed by atoms with van der Waals surface area (Å²) in [6.07, 6.45) is 9.13. The summed E-state index contributed by atoms with van der Waals surface area (Å²) in [5.74, 6) is 1.53. The first-order valence-electron chi connectivity index (χ1n) is 10.4. The van der Waals surface area contributed by atoms with Gasteiger partial charge in [-0.25, -0.2) is 4.99 Å². The number of benzene rings is 1. The molecule has 1 aromatic carbocycles. The standard InChI is InChI=1S/C23H29N3.C2H6/c1-5-21-20-10-6-9-19(15-20)14-17(2)16-24-12-7-8-18(3)22-11-13-26(4)23(21)25-22;1-2/h5-6,9-11,13,15,17,24H,1,3,7-8,12,14,16H2,2,4H3;1-2H3/b23-21+;. The van der Waals surface area contributed by atoms with Gasteiger partial charge >= 0.3 is 0 Å². The minimum Gasteiger partial charge on any atom is -0.335 e. The van der Waals surface area contributed by atoms with Crippen LogP contribution in [0.2, 0.25) is 0 Å². The van der Waals surface area contributed by atoms with Crippen molar-refractivity contribution in [2.75, 3.05) is 20.1 Å². The third-order valence-electron chi connectivity index (χ3n) is 4.97. The van der Waals surface area contributed by atoms with Gasteiger partial charge in [-0.2, -0.15) is 0 Å². The first-order valence-corrected chi connectivity index (χ1v) is 10.4. The predicted molar refractivity (Wildman–Crippen MR) is 123 cm³/mol. The molecule has 0 saturated heterocycles. The van der Waals surface area contributed by atoms with Crippen molar-refractivity contribution < 1.29 is 0 Å². The van der Waals surface area contributed by atoms with Crippen LogP contribution in [0.1, 0.15) is 44.7 Å². The summed E-state index contributed by atoms with van der Waals surface area (Å²) in [6, 6.07) is 8.76. The summed E-state index contributed by atoms with van der Waals surface area (Å²) < 4.78 is 0. The van der Waals surface area contributed by atoms with E-state index in [1.165, 1.54) is 11.1 Å². The van der Waals surface area contributed by atoms with Gasteiger partial charge in [-0.05, 0) is 61.0 Å². The molecule has 1 unspecified atom stereocenters. The van der Waals surface area contributed by atoms with E-state index in [4.69, 9.17) is 4.99 Å². The molecule has 2 heterocycles. The molecule has 0 spiro atoms. The van der Waals surface area contributed by atoms with Crippen molar-refractivity contribution in [2.24, 2.45) is 10.9 Å². The van der Waals surface area contributed by atoms with Crippen LogP contribution in [-0.2, 0) is 6.42 Å². The van der Waals surface area contributed by atoms with Gasteiger partial charge < -0.3 is 10.2 Å². The van der Waals surface area contributed by atoms with Crippen molar-refractivity contribution >= 4 is 11.3 Å². The molecular weight excluding hydrogens is 342 g/mol. The third-order valence-corrected chi connectivity index (χ3v) is 4.97. The van der Waals surface area contributed by atoms with Crippen LogP contribution in [0.3, 0.4) is 0 Å². The lowest BCUT2D eigenvalue weighted by atomic mass is 9.96. The Labute approximate surface area is 171 Å². The second kappa shape index (κ2) is 10.8. The molecule has 1 N–H and O–H groups in total. The summed E-state index contributed by atoms with van der Waals surface area (Å²) in [6.45, 7) is 16.7. The fraction of sp³-hybridized carbons (Fsp3) is 0.400. The van der Waals surface area contributed by atoms with Gasteiger partial charge in [-0.15, -0.1) is 0 Å². The zero-order valence-corrected chi connectivity index (χ0v) is 18.0. The van der Waals surface area contributed by atoms with Crippen LogP contribution in [0, 0.1) is 5.92 Å². The maximum absolute atomic E-state index is 4.92. The summed E-state index contributed by atoms with van der Waals surface area (Å²) >= 11 is 0. The van der Waals surface area contributed by atoms with E-state index in [9.17, 15) is 0 Å². The summed E-state index contributed by atoms with van der Waals surface area (Å²) in [4.78, 5) is 6.98. The molecule has 0 fully saturated rings. The molecule has 150 valence electrons. The van der Waals surface area contributed by atoms with E-state index in [-0.39, 0.29) is 0 Å². The Morgan fingerprint density at radius 1 is 1.29 bits per heavy atom. The van der Waals surface area contributed by atoms with Gasteiger partial charge in [0, 0.05) is 18.8 Å². The number of allylic oxidation sites excluding steroid dienone is 4. The number of fused-ring (bicyclic) bond motifs is 3. The van der Waals surface area contributed by atoms with Crippen molar-refractivity contribution in [3.63, 3.8) is 0 Å². The van der Waals surface area contributed by atoms with E-state index in [0.717, 1.165) is 55.0 Å². The van der Waals surface area contributed by atoms with Crippen molar-refractivity contribution in [2.45, 2.75) is 40.0 Å². The Balaban J connectivity index is 0.00000136. The molecule has 28 heavy (non-hydrogen) atoms. The van der Waals surface area contributed by atoms with E-state index < -0.39 is 0 Å². The molecular formula is C25H35N3. The van der Waals surface area contributed by atoms with E-state index in [0.29, 0.717) is 5.92 Å². The highest BCUT2D eigenvalue weighted by Gasteiger charge is 2.16. The van der Waals surface area contributed by atoms with Gasteiger partial charge in [-0.3, -0.25) is 0 Å². The molecule has 1 aromatic rings. The molecule has 2 aliphatic rings. The largest absolute Gasteiger partial charge is 0.335 e. The normalized spacial score (nSPS) is 23.0. The van der Waals surface area contributed by atoms with E-state index in [1.807, 2.05) is 27.0 Å². The summed E-state index contributed by atoms with van der Waals surface area (Å²) in [5, 5.41) is 3.58. The van der Waals surface area contributed by atoms with Crippen molar-refractivity contribution in [3.8, 4) is 0 Å². The van der Waals surface area contributed by atoms with E-state index in [1.54, 1.807) is 0 Å². The lowest BCUT2D eigenvalue weighted by molar-refractivity contribution is 0.506. The Morgan fingerprint density at radius 3 is 2.82 bits per heavy atom. The van der Waals surface area contributed by atoms with E-state index >= 15 is 0 Å². The highest BCUT2D eigenvalue weighted by atomic mass is 15.2. The summed E-state index contributed by atoms with van der Waals surface area (Å²) in [5.41, 5.74) is 5.64. The highest BCUT2D eigenvalue weighted by Crippen LogP contribution is 2.27. The van der Waals surface area contributed by atoms with Gasteiger partial charge in [0.15, 0.2) is 0 Å². The average molecular weight is 378 g/mol. The van der Waals surface area contributed by atoms with Crippen LogP contribution in [-0.4, -0.2) is 30.7 Å². The average Bonchev–Trinajstić information content (AvgIpc) is 2.71. The first kappa shape index (κ1) is 21.9. The number of rotatable bonds is 1. The topological polar surface area (TPSA) is 27.6 Å². The lowest BCUT2D eigenvalue weighted by Crippen LogP contribution is -2.23. The fourth-order valence-electron chi connectivity index (χ4n) is 3.51.